The zero-order valence-corrected chi connectivity index (χ0v) is 13.4. The second-order valence-corrected chi connectivity index (χ2v) is 6.35. The molecular formula is C19H17NO2S. The molecule has 3 aromatic rings. The lowest BCUT2D eigenvalue weighted by Gasteiger charge is -2.06. The lowest BCUT2D eigenvalue weighted by atomic mass is 10.1. The minimum absolute atomic E-state index is 0.317. The molecule has 1 aliphatic heterocycles. The summed E-state index contributed by atoms with van der Waals surface area (Å²) in [6.45, 7) is 1.92. The van der Waals surface area contributed by atoms with Crippen molar-refractivity contribution < 1.29 is 9.47 Å². The molecule has 0 atom stereocenters. The van der Waals surface area contributed by atoms with Crippen LogP contribution in [0.4, 0.5) is 0 Å². The quantitative estimate of drug-likeness (QED) is 0.753. The lowest BCUT2D eigenvalue weighted by Crippen LogP contribution is -2.12. The third kappa shape index (κ3) is 3.09. The molecule has 2 aromatic carbocycles. The highest BCUT2D eigenvalue weighted by Crippen LogP contribution is 2.35. The first-order valence-corrected chi connectivity index (χ1v) is 8.49. The van der Waals surface area contributed by atoms with Gasteiger partial charge in [-0.15, -0.1) is 11.3 Å². The van der Waals surface area contributed by atoms with E-state index in [1.807, 2.05) is 18.2 Å². The molecule has 0 spiro atoms. The van der Waals surface area contributed by atoms with Crippen LogP contribution in [0.25, 0.3) is 10.4 Å². The predicted octanol–water partition coefficient (Wildman–Crippen LogP) is 4.43. The number of rotatable bonds is 5. The average Bonchev–Trinajstić information content (AvgIpc) is 3.25. The third-order valence-corrected chi connectivity index (χ3v) is 4.86. The van der Waals surface area contributed by atoms with Crippen molar-refractivity contribution in [1.29, 1.82) is 0 Å². The monoisotopic (exact) mass is 323 g/mol. The third-order valence-electron chi connectivity index (χ3n) is 3.83. The van der Waals surface area contributed by atoms with Gasteiger partial charge in [0.05, 0.1) is 0 Å². The SMILES string of the molecule is c1ccc(-c2cc(CNCc3cccc4c3OCO4)cs2)cc1. The molecule has 1 aliphatic rings. The van der Waals surface area contributed by atoms with Gasteiger partial charge >= 0.3 is 0 Å². The van der Waals surface area contributed by atoms with Crippen LogP contribution in [0.2, 0.25) is 0 Å². The lowest BCUT2D eigenvalue weighted by molar-refractivity contribution is 0.173. The summed E-state index contributed by atoms with van der Waals surface area (Å²) >= 11 is 1.78. The molecule has 3 nitrogen and oxygen atoms in total. The van der Waals surface area contributed by atoms with E-state index in [2.05, 4.69) is 47.1 Å². The molecule has 0 radical (unpaired) electrons. The molecule has 4 rings (SSSR count). The Labute approximate surface area is 139 Å². The fraction of sp³-hybridized carbons (Fsp3) is 0.158. The van der Waals surface area contributed by atoms with Gasteiger partial charge in [0.1, 0.15) is 0 Å². The van der Waals surface area contributed by atoms with E-state index < -0.39 is 0 Å². The summed E-state index contributed by atoms with van der Waals surface area (Å²) in [6, 6.07) is 18.8. The molecule has 1 aromatic heterocycles. The van der Waals surface area contributed by atoms with Crippen LogP contribution in [-0.4, -0.2) is 6.79 Å². The van der Waals surface area contributed by atoms with Crippen molar-refractivity contribution in [3.63, 3.8) is 0 Å². The van der Waals surface area contributed by atoms with Crippen LogP contribution >= 0.6 is 11.3 Å². The highest BCUT2D eigenvalue weighted by molar-refractivity contribution is 7.13. The number of hydrogen-bond acceptors (Lipinski definition) is 4. The van der Waals surface area contributed by atoms with Crippen molar-refractivity contribution in [2.24, 2.45) is 0 Å². The minimum atomic E-state index is 0.317. The molecule has 0 fully saturated rings. The van der Waals surface area contributed by atoms with E-state index in [-0.39, 0.29) is 0 Å². The van der Waals surface area contributed by atoms with Crippen molar-refractivity contribution >= 4 is 11.3 Å². The van der Waals surface area contributed by atoms with E-state index in [0.717, 1.165) is 30.2 Å². The number of nitrogens with one attached hydrogen (secondary N) is 1. The molecule has 0 aliphatic carbocycles. The van der Waals surface area contributed by atoms with Crippen molar-refractivity contribution in [2.75, 3.05) is 6.79 Å². The summed E-state index contributed by atoms with van der Waals surface area (Å²) in [7, 11) is 0. The molecule has 2 heterocycles. The zero-order chi connectivity index (χ0) is 15.5. The standard InChI is InChI=1S/C19H17NO2S/c1-2-5-15(6-3-1)18-9-14(12-23-18)10-20-11-16-7-4-8-17-19(16)22-13-21-17/h1-9,12,20H,10-11,13H2. The Balaban J connectivity index is 1.39. The van der Waals surface area contributed by atoms with Gasteiger partial charge in [-0.25, -0.2) is 0 Å². The average molecular weight is 323 g/mol. The number of para-hydroxylation sites is 1. The second kappa shape index (κ2) is 6.44. The van der Waals surface area contributed by atoms with Crippen LogP contribution < -0.4 is 14.8 Å². The van der Waals surface area contributed by atoms with Crippen molar-refractivity contribution in [3.05, 3.63) is 71.1 Å². The van der Waals surface area contributed by atoms with E-state index in [1.54, 1.807) is 11.3 Å². The van der Waals surface area contributed by atoms with Gasteiger partial charge in [-0.3, -0.25) is 0 Å². The largest absolute Gasteiger partial charge is 0.454 e. The van der Waals surface area contributed by atoms with Gasteiger partial charge in [0.25, 0.3) is 0 Å². The molecule has 0 amide bonds. The summed E-state index contributed by atoms with van der Waals surface area (Å²) in [6.07, 6.45) is 0. The van der Waals surface area contributed by atoms with E-state index in [0.29, 0.717) is 6.79 Å². The van der Waals surface area contributed by atoms with Gasteiger partial charge in [0.15, 0.2) is 11.5 Å². The molecule has 0 saturated carbocycles. The van der Waals surface area contributed by atoms with Crippen LogP contribution in [0, 0.1) is 0 Å². The van der Waals surface area contributed by atoms with Gasteiger partial charge in [0, 0.05) is 23.5 Å². The Morgan fingerprint density at radius 2 is 1.87 bits per heavy atom. The number of fused-ring (bicyclic) bond motifs is 1. The summed E-state index contributed by atoms with van der Waals surface area (Å²) < 4.78 is 10.9. The molecule has 0 unspecified atom stereocenters. The highest BCUT2D eigenvalue weighted by atomic mass is 32.1. The minimum Gasteiger partial charge on any atom is -0.454 e. The van der Waals surface area contributed by atoms with Crippen molar-refractivity contribution in [1.82, 2.24) is 5.32 Å². The first-order chi connectivity index (χ1) is 11.4. The molecule has 116 valence electrons. The highest BCUT2D eigenvalue weighted by Gasteiger charge is 2.16. The van der Waals surface area contributed by atoms with Crippen LogP contribution in [0.15, 0.2) is 60.0 Å². The van der Waals surface area contributed by atoms with E-state index >= 15 is 0 Å². The van der Waals surface area contributed by atoms with Crippen molar-refractivity contribution in [3.8, 4) is 21.9 Å². The zero-order valence-electron chi connectivity index (χ0n) is 12.6. The topological polar surface area (TPSA) is 30.5 Å². The molecule has 23 heavy (non-hydrogen) atoms. The van der Waals surface area contributed by atoms with E-state index in [1.165, 1.54) is 16.0 Å². The molecule has 0 bridgehead atoms. The Hall–Kier alpha value is -2.30. The van der Waals surface area contributed by atoms with Gasteiger partial charge in [-0.2, -0.15) is 0 Å². The molecule has 1 N–H and O–H groups in total. The fourth-order valence-corrected chi connectivity index (χ4v) is 3.61. The van der Waals surface area contributed by atoms with Gasteiger partial charge in [0.2, 0.25) is 6.79 Å². The first-order valence-electron chi connectivity index (χ1n) is 7.61. The van der Waals surface area contributed by atoms with Crippen LogP contribution in [0.3, 0.4) is 0 Å². The maximum atomic E-state index is 5.53. The smallest absolute Gasteiger partial charge is 0.231 e. The summed E-state index contributed by atoms with van der Waals surface area (Å²) in [5, 5.41) is 5.70. The van der Waals surface area contributed by atoms with E-state index in [9.17, 15) is 0 Å². The van der Waals surface area contributed by atoms with Crippen LogP contribution in [0.5, 0.6) is 11.5 Å². The summed E-state index contributed by atoms with van der Waals surface area (Å²) in [5.74, 6) is 1.71. The van der Waals surface area contributed by atoms with Crippen molar-refractivity contribution in [2.45, 2.75) is 13.1 Å². The fourth-order valence-electron chi connectivity index (χ4n) is 2.69. The molecule has 0 saturated heterocycles. The number of ether oxygens (including phenoxy) is 2. The molecular weight excluding hydrogens is 306 g/mol. The number of hydrogen-bond donors (Lipinski definition) is 1. The number of benzene rings is 2. The molecule has 4 heteroatoms. The summed E-state index contributed by atoms with van der Waals surface area (Å²) in [4.78, 5) is 1.31. The van der Waals surface area contributed by atoms with Crippen LogP contribution in [0.1, 0.15) is 11.1 Å². The van der Waals surface area contributed by atoms with Gasteiger partial charge < -0.3 is 14.8 Å². The predicted molar refractivity (Wildman–Crippen MR) is 92.9 cm³/mol. The Kier molecular flexibility index (Phi) is 4.01. The maximum Gasteiger partial charge on any atom is 0.231 e. The van der Waals surface area contributed by atoms with Gasteiger partial charge in [-0.05, 0) is 28.6 Å². The Morgan fingerprint density at radius 3 is 2.78 bits per heavy atom. The maximum absolute atomic E-state index is 5.53. The van der Waals surface area contributed by atoms with Crippen LogP contribution in [-0.2, 0) is 13.1 Å². The Morgan fingerprint density at radius 1 is 0.957 bits per heavy atom. The summed E-state index contributed by atoms with van der Waals surface area (Å²) in [5.41, 5.74) is 3.72. The second-order valence-electron chi connectivity index (χ2n) is 5.44. The number of thiophene rings is 1. The van der Waals surface area contributed by atoms with E-state index in [4.69, 9.17) is 9.47 Å². The normalized spacial score (nSPS) is 12.5. The van der Waals surface area contributed by atoms with Gasteiger partial charge in [-0.1, -0.05) is 42.5 Å². The first kappa shape index (κ1) is 14.3. The Bertz CT molecular complexity index is 798.